The first-order valence-electron chi connectivity index (χ1n) is 13.3. The highest BCUT2D eigenvalue weighted by Gasteiger charge is 2.27. The van der Waals surface area contributed by atoms with Crippen LogP contribution in [0.25, 0.3) is 27.5 Å². The van der Waals surface area contributed by atoms with Crippen molar-refractivity contribution in [2.24, 2.45) is 0 Å². The molecule has 3 nitrogen and oxygen atoms in total. The molecule has 6 rings (SSSR count). The van der Waals surface area contributed by atoms with Crippen LogP contribution in [0.5, 0.6) is 0 Å². The molecular formula is C35H33NO2. The monoisotopic (exact) mass is 499 g/mol. The normalized spacial score (nSPS) is 13.6. The number of carbonyl (C=O) groups is 1. The SMILES string of the molecule is CC(C)(C)c1ccc2c(c1)C(=O)c1cc3c(cc1C2)c(=O)c1cc(C(C)(C)C)ccc1n3-c1ccccc1. The molecule has 38 heavy (non-hydrogen) atoms. The minimum atomic E-state index is -0.0783. The molecule has 5 aromatic rings. The highest BCUT2D eigenvalue weighted by molar-refractivity contribution is 6.14. The molecule has 0 aliphatic heterocycles. The molecule has 4 aromatic carbocycles. The van der Waals surface area contributed by atoms with Crippen LogP contribution in [0.2, 0.25) is 0 Å². The minimum absolute atomic E-state index is 0.0115. The molecule has 0 saturated carbocycles. The number of para-hydroxylation sites is 1. The molecule has 0 amide bonds. The van der Waals surface area contributed by atoms with Gasteiger partial charge in [-0.1, -0.05) is 77.9 Å². The van der Waals surface area contributed by atoms with E-state index in [1.165, 1.54) is 0 Å². The fourth-order valence-corrected chi connectivity index (χ4v) is 5.63. The first-order valence-corrected chi connectivity index (χ1v) is 13.3. The topological polar surface area (TPSA) is 39.1 Å². The predicted molar refractivity (Wildman–Crippen MR) is 157 cm³/mol. The predicted octanol–water partition coefficient (Wildman–Crippen LogP) is 7.87. The molecule has 0 radical (unpaired) electrons. The van der Waals surface area contributed by atoms with Gasteiger partial charge in [-0.05, 0) is 82.0 Å². The zero-order chi connectivity index (χ0) is 27.0. The van der Waals surface area contributed by atoms with Crippen molar-refractivity contribution < 1.29 is 4.79 Å². The Kier molecular flexibility index (Phi) is 5.30. The third-order valence-corrected chi connectivity index (χ3v) is 7.92. The van der Waals surface area contributed by atoms with Crippen LogP contribution in [-0.4, -0.2) is 10.4 Å². The van der Waals surface area contributed by atoms with E-state index in [4.69, 9.17) is 0 Å². The molecule has 0 atom stereocenters. The molecule has 0 saturated heterocycles. The van der Waals surface area contributed by atoms with Crippen molar-refractivity contribution in [1.82, 2.24) is 4.57 Å². The largest absolute Gasteiger partial charge is 0.309 e. The second kappa shape index (κ2) is 8.26. The van der Waals surface area contributed by atoms with Gasteiger partial charge >= 0.3 is 0 Å². The lowest BCUT2D eigenvalue weighted by molar-refractivity contribution is 0.103. The summed E-state index contributed by atoms with van der Waals surface area (Å²) >= 11 is 0. The molecule has 0 N–H and O–H groups in total. The molecule has 1 aromatic heterocycles. The molecule has 0 spiro atoms. The number of rotatable bonds is 1. The van der Waals surface area contributed by atoms with E-state index in [-0.39, 0.29) is 22.0 Å². The average molecular weight is 500 g/mol. The first-order chi connectivity index (χ1) is 17.9. The van der Waals surface area contributed by atoms with Crippen molar-refractivity contribution in [2.75, 3.05) is 0 Å². The maximum atomic E-state index is 14.0. The molecule has 0 fully saturated rings. The Morgan fingerprint density at radius 2 is 1.21 bits per heavy atom. The molecule has 190 valence electrons. The molecule has 0 bridgehead atoms. The number of carbonyl (C=O) groups excluding carboxylic acids is 1. The lowest BCUT2D eigenvalue weighted by atomic mass is 9.79. The van der Waals surface area contributed by atoms with Crippen molar-refractivity contribution in [1.29, 1.82) is 0 Å². The first kappa shape index (κ1) is 24.4. The van der Waals surface area contributed by atoms with Crippen LogP contribution in [0.1, 0.15) is 79.7 Å². The van der Waals surface area contributed by atoms with E-state index in [2.05, 4.69) is 76.4 Å². The smallest absolute Gasteiger partial charge is 0.197 e. The lowest BCUT2D eigenvalue weighted by Gasteiger charge is -2.25. The van der Waals surface area contributed by atoms with Gasteiger partial charge in [-0.15, -0.1) is 0 Å². The van der Waals surface area contributed by atoms with Gasteiger partial charge in [0, 0.05) is 27.6 Å². The van der Waals surface area contributed by atoms with E-state index in [1.54, 1.807) is 0 Å². The van der Waals surface area contributed by atoms with E-state index in [0.717, 1.165) is 44.5 Å². The quantitative estimate of drug-likeness (QED) is 0.216. The summed E-state index contributed by atoms with van der Waals surface area (Å²) in [5, 5.41) is 1.35. The standard InChI is InChI=1S/C35H33NO2/c1-34(2,3)23-13-12-21-16-22-17-28-31(20-27(22)32(37)26(21)18-23)36(25-10-8-7-9-11-25)30-15-14-24(35(4,5)6)19-29(30)33(28)38/h7-15,17-20H,16H2,1-6H3. The summed E-state index contributed by atoms with van der Waals surface area (Å²) in [6.45, 7) is 13.0. The van der Waals surface area contributed by atoms with E-state index in [1.807, 2.05) is 48.5 Å². The summed E-state index contributed by atoms with van der Waals surface area (Å²) in [7, 11) is 0. The number of benzene rings is 4. The second-order valence-corrected chi connectivity index (χ2v) is 12.6. The Balaban J connectivity index is 1.68. The van der Waals surface area contributed by atoms with Crippen molar-refractivity contribution in [2.45, 2.75) is 58.8 Å². The number of pyridine rings is 1. The van der Waals surface area contributed by atoms with Crippen LogP contribution in [0.3, 0.4) is 0 Å². The number of nitrogens with zero attached hydrogens (tertiary/aromatic N) is 1. The Morgan fingerprint density at radius 3 is 1.89 bits per heavy atom. The van der Waals surface area contributed by atoms with Gasteiger partial charge in [0.2, 0.25) is 0 Å². The van der Waals surface area contributed by atoms with Crippen molar-refractivity contribution >= 4 is 27.6 Å². The van der Waals surface area contributed by atoms with Crippen LogP contribution in [0.15, 0.2) is 83.7 Å². The lowest BCUT2D eigenvalue weighted by Crippen LogP contribution is -2.20. The molecule has 1 aliphatic carbocycles. The van der Waals surface area contributed by atoms with Gasteiger partial charge in [-0.25, -0.2) is 0 Å². The van der Waals surface area contributed by atoms with E-state index >= 15 is 0 Å². The number of hydrogen-bond acceptors (Lipinski definition) is 2. The molecule has 3 heteroatoms. The number of hydrogen-bond donors (Lipinski definition) is 0. The average Bonchev–Trinajstić information content (AvgIpc) is 2.87. The zero-order valence-corrected chi connectivity index (χ0v) is 23.0. The van der Waals surface area contributed by atoms with Crippen molar-refractivity contribution in [3.8, 4) is 5.69 Å². The maximum absolute atomic E-state index is 14.0. The van der Waals surface area contributed by atoms with Gasteiger partial charge in [0.15, 0.2) is 11.2 Å². The Labute approximate surface area is 223 Å². The van der Waals surface area contributed by atoms with Crippen molar-refractivity contribution in [3.63, 3.8) is 0 Å². The van der Waals surface area contributed by atoms with Crippen LogP contribution < -0.4 is 5.43 Å². The second-order valence-electron chi connectivity index (χ2n) is 12.6. The third kappa shape index (κ3) is 3.80. The maximum Gasteiger partial charge on any atom is 0.197 e. The van der Waals surface area contributed by atoms with Crippen LogP contribution in [0, 0.1) is 0 Å². The van der Waals surface area contributed by atoms with Crippen LogP contribution in [-0.2, 0) is 17.3 Å². The third-order valence-electron chi connectivity index (χ3n) is 7.92. The summed E-state index contributed by atoms with van der Waals surface area (Å²) in [5.74, 6) is 0.0319. The Morgan fingerprint density at radius 1 is 0.605 bits per heavy atom. The summed E-state index contributed by atoms with van der Waals surface area (Å²) in [5.41, 5.74) is 8.13. The summed E-state index contributed by atoms with van der Waals surface area (Å²) in [6.07, 6.45) is 0.640. The molecule has 0 unspecified atom stereocenters. The molecule has 1 aliphatic rings. The fraction of sp³-hybridized carbons (Fsp3) is 0.257. The highest BCUT2D eigenvalue weighted by Crippen LogP contribution is 2.35. The minimum Gasteiger partial charge on any atom is -0.309 e. The molecule has 1 heterocycles. The van der Waals surface area contributed by atoms with E-state index < -0.39 is 0 Å². The number of ketones is 1. The zero-order valence-electron chi connectivity index (χ0n) is 23.0. The number of aromatic nitrogens is 1. The highest BCUT2D eigenvalue weighted by atomic mass is 16.1. The van der Waals surface area contributed by atoms with E-state index in [0.29, 0.717) is 22.8 Å². The summed E-state index contributed by atoms with van der Waals surface area (Å²) in [6, 6.07) is 26.5. The van der Waals surface area contributed by atoms with E-state index in [9.17, 15) is 9.59 Å². The van der Waals surface area contributed by atoms with Gasteiger partial charge in [-0.3, -0.25) is 9.59 Å². The Hall–Kier alpha value is -3.98. The van der Waals surface area contributed by atoms with Crippen LogP contribution >= 0.6 is 0 Å². The van der Waals surface area contributed by atoms with Gasteiger partial charge < -0.3 is 4.57 Å². The summed E-state index contributed by atoms with van der Waals surface area (Å²) in [4.78, 5) is 27.9. The fourth-order valence-electron chi connectivity index (χ4n) is 5.63. The Bertz CT molecular complexity index is 1830. The van der Waals surface area contributed by atoms with Crippen LogP contribution in [0.4, 0.5) is 0 Å². The van der Waals surface area contributed by atoms with Gasteiger partial charge in [0.1, 0.15) is 0 Å². The van der Waals surface area contributed by atoms with Crippen molar-refractivity contribution in [3.05, 3.63) is 122 Å². The summed E-state index contributed by atoms with van der Waals surface area (Å²) < 4.78 is 2.13. The van der Waals surface area contributed by atoms with Gasteiger partial charge in [0.25, 0.3) is 0 Å². The molecular weight excluding hydrogens is 466 g/mol. The number of fused-ring (bicyclic) bond motifs is 4. The van der Waals surface area contributed by atoms with Gasteiger partial charge in [0.05, 0.1) is 11.0 Å². The van der Waals surface area contributed by atoms with Gasteiger partial charge in [-0.2, -0.15) is 0 Å².